The molecule has 1 aromatic heterocycles. The fourth-order valence-corrected chi connectivity index (χ4v) is 10.1. The van der Waals surface area contributed by atoms with Crippen LogP contribution >= 0.6 is 0 Å². The topological polar surface area (TPSA) is 227 Å². The monoisotopic (exact) mass is 883 g/mol. The van der Waals surface area contributed by atoms with Crippen molar-refractivity contribution in [2.45, 2.75) is 88.8 Å². The first-order chi connectivity index (χ1) is 31.5. The first-order valence-electron chi connectivity index (χ1n) is 22.7. The molecule has 0 spiro atoms. The van der Waals surface area contributed by atoms with Gasteiger partial charge in [-0.3, -0.25) is 43.8 Å². The van der Waals surface area contributed by atoms with Gasteiger partial charge < -0.3 is 31.3 Å². The molecule has 9 rings (SSSR count). The zero-order valence-electron chi connectivity index (χ0n) is 36.1. The highest BCUT2D eigenvalue weighted by Gasteiger charge is 2.45. The van der Waals surface area contributed by atoms with Gasteiger partial charge in [-0.15, -0.1) is 0 Å². The largest absolute Gasteiger partial charge is 0.457 e. The summed E-state index contributed by atoms with van der Waals surface area (Å²) in [7, 11) is 0. The van der Waals surface area contributed by atoms with E-state index in [4.69, 9.17) is 15.6 Å². The molecule has 7 amide bonds. The van der Waals surface area contributed by atoms with E-state index in [0.717, 1.165) is 67.6 Å². The molecule has 0 bridgehead atoms. The van der Waals surface area contributed by atoms with E-state index in [9.17, 15) is 33.6 Å². The summed E-state index contributed by atoms with van der Waals surface area (Å²) in [6.07, 6.45) is 7.43. The second-order valence-corrected chi connectivity index (χ2v) is 17.7. The molecular formula is C48H53N9O8. The third-order valence-electron chi connectivity index (χ3n) is 13.6. The minimum Gasteiger partial charge on any atom is -0.457 e. The molecular weight excluding hydrogens is 831 g/mol. The molecule has 17 nitrogen and oxygen atoms in total. The quantitative estimate of drug-likeness (QED) is 0.112. The van der Waals surface area contributed by atoms with Crippen LogP contribution in [-0.2, 0) is 19.2 Å². The van der Waals surface area contributed by atoms with Crippen molar-refractivity contribution in [3.05, 3.63) is 89.5 Å². The lowest BCUT2D eigenvalue weighted by atomic mass is 9.83. The van der Waals surface area contributed by atoms with Crippen LogP contribution in [0.4, 0.5) is 11.5 Å². The summed E-state index contributed by atoms with van der Waals surface area (Å²) in [6, 6.07) is 20.7. The summed E-state index contributed by atoms with van der Waals surface area (Å²) in [4.78, 5) is 92.2. The number of nitrogens with two attached hydrogens (primary N) is 1. The van der Waals surface area contributed by atoms with Gasteiger partial charge in [0.15, 0.2) is 0 Å². The molecule has 17 heteroatoms. The Labute approximate surface area is 375 Å². The normalized spacial score (nSPS) is 22.1. The summed E-state index contributed by atoms with van der Waals surface area (Å²) in [6.45, 7) is 2.02. The predicted molar refractivity (Wildman–Crippen MR) is 239 cm³/mol. The molecule has 2 saturated heterocycles. The number of fused-ring (bicyclic) bond motifs is 2. The number of hydrogen-bond acceptors (Lipinski definition) is 11. The maximum absolute atomic E-state index is 13.4. The Morgan fingerprint density at radius 2 is 1.54 bits per heavy atom. The van der Waals surface area contributed by atoms with Gasteiger partial charge in [-0.1, -0.05) is 18.2 Å². The lowest BCUT2D eigenvalue weighted by molar-refractivity contribution is -0.136. The number of aromatic nitrogens is 2. The third-order valence-corrected chi connectivity index (χ3v) is 13.6. The van der Waals surface area contributed by atoms with Gasteiger partial charge in [0.05, 0.1) is 23.7 Å². The first-order valence-corrected chi connectivity index (χ1v) is 22.7. The van der Waals surface area contributed by atoms with Crippen molar-refractivity contribution in [3.8, 4) is 22.8 Å². The molecule has 65 heavy (non-hydrogen) atoms. The van der Waals surface area contributed by atoms with Crippen LogP contribution < -0.4 is 31.7 Å². The molecule has 2 atom stereocenters. The Morgan fingerprint density at radius 3 is 2.26 bits per heavy atom. The first kappa shape index (κ1) is 43.2. The number of anilines is 2. The van der Waals surface area contributed by atoms with E-state index in [0.29, 0.717) is 60.5 Å². The Hall–Kier alpha value is -7.04. The number of carbonyl (C=O) groups excluding carboxylic acids is 7. The van der Waals surface area contributed by atoms with Gasteiger partial charge in [-0.25, -0.2) is 4.68 Å². The van der Waals surface area contributed by atoms with Crippen molar-refractivity contribution in [3.63, 3.8) is 0 Å². The molecule has 3 fully saturated rings. The van der Waals surface area contributed by atoms with Crippen molar-refractivity contribution in [1.82, 2.24) is 30.2 Å². The van der Waals surface area contributed by atoms with Crippen LogP contribution in [0.1, 0.15) is 108 Å². The zero-order valence-corrected chi connectivity index (χ0v) is 36.1. The third kappa shape index (κ3) is 9.17. The summed E-state index contributed by atoms with van der Waals surface area (Å²) < 4.78 is 7.91. The van der Waals surface area contributed by atoms with E-state index in [1.165, 1.54) is 12.1 Å². The molecule has 6 N–H and O–H groups in total. The summed E-state index contributed by atoms with van der Waals surface area (Å²) in [5, 5.41) is 16.7. The van der Waals surface area contributed by atoms with Gasteiger partial charge in [0.1, 0.15) is 34.6 Å². The van der Waals surface area contributed by atoms with Crippen molar-refractivity contribution in [2.24, 2.45) is 17.6 Å². The molecule has 1 aliphatic carbocycles. The Balaban J connectivity index is 0.708. The molecule has 5 heterocycles. The van der Waals surface area contributed by atoms with Gasteiger partial charge in [0.2, 0.25) is 23.6 Å². The summed E-state index contributed by atoms with van der Waals surface area (Å²) in [5.74, 6) is -0.113. The number of hydrogen-bond donors (Lipinski definition) is 5. The van der Waals surface area contributed by atoms with Crippen LogP contribution in [0.3, 0.4) is 0 Å². The van der Waals surface area contributed by atoms with Crippen LogP contribution in [0.25, 0.3) is 11.3 Å². The zero-order chi connectivity index (χ0) is 45.2. The number of likely N-dealkylation sites (tertiary alicyclic amines) is 1. The lowest BCUT2D eigenvalue weighted by Crippen LogP contribution is -2.54. The van der Waals surface area contributed by atoms with E-state index >= 15 is 0 Å². The van der Waals surface area contributed by atoms with Crippen LogP contribution in [-0.4, -0.2) is 99.2 Å². The van der Waals surface area contributed by atoms with E-state index in [1.807, 2.05) is 64.2 Å². The number of carbonyl (C=O) groups is 7. The summed E-state index contributed by atoms with van der Waals surface area (Å²) in [5.41, 5.74) is 8.44. The van der Waals surface area contributed by atoms with Gasteiger partial charge in [-0.05, 0) is 124 Å². The Kier molecular flexibility index (Phi) is 12.4. The number of nitrogens with one attached hydrogen (secondary N) is 4. The molecule has 1 unspecified atom stereocenters. The van der Waals surface area contributed by atoms with E-state index in [1.54, 1.807) is 6.07 Å². The summed E-state index contributed by atoms with van der Waals surface area (Å²) >= 11 is 0. The van der Waals surface area contributed by atoms with Crippen LogP contribution in [0.15, 0.2) is 72.8 Å². The number of imide groups is 2. The van der Waals surface area contributed by atoms with Gasteiger partial charge in [-0.2, -0.15) is 5.10 Å². The predicted octanol–water partition coefficient (Wildman–Crippen LogP) is 5.01. The molecule has 1 saturated carbocycles. The van der Waals surface area contributed by atoms with Gasteiger partial charge in [0, 0.05) is 49.8 Å². The molecule has 4 aliphatic heterocycles. The van der Waals surface area contributed by atoms with Crippen LogP contribution in [0, 0.1) is 11.8 Å². The number of rotatable bonds is 13. The average molecular weight is 884 g/mol. The molecule has 3 aromatic carbocycles. The van der Waals surface area contributed by atoms with Gasteiger partial charge in [0.25, 0.3) is 17.7 Å². The minimum atomic E-state index is -1.05. The van der Waals surface area contributed by atoms with Crippen molar-refractivity contribution in [1.29, 1.82) is 0 Å². The van der Waals surface area contributed by atoms with Crippen molar-refractivity contribution < 1.29 is 38.3 Å². The highest BCUT2D eigenvalue weighted by Crippen LogP contribution is 2.41. The van der Waals surface area contributed by atoms with E-state index in [-0.39, 0.29) is 60.3 Å². The fourth-order valence-electron chi connectivity index (χ4n) is 10.1. The fraction of sp³-hybridized carbons (Fsp3) is 0.417. The number of benzene rings is 3. The molecule has 0 radical (unpaired) electrons. The standard InChI is InChI=1S/C48H53N9O8/c49-44(61)42-43(30-9-14-34(15-10-30)65-33-4-2-1-3-5-33)54-57-37(20-23-50-45(42)57)29-21-24-55(25-22-29)41(60)19-8-28-6-11-31(12-7-28)52-40(59)27-51-32-13-16-35-36(26-32)48(64)56(47(35)63)38-17-18-39(58)53-46(38)62/h1-5,9-10,13-16,26,28-29,31,37-38,50-51H,6-8,11-12,17-25,27H2,(H2,49,61)(H,52,59)(H,53,58,62)/t28?,31?,37-,38?/m0/s1. The number of primary amides is 1. The van der Waals surface area contributed by atoms with Crippen molar-refractivity contribution in [2.75, 3.05) is 36.8 Å². The number of para-hydroxylation sites is 1. The van der Waals surface area contributed by atoms with E-state index in [2.05, 4.69) is 21.3 Å². The SMILES string of the molecule is NC(=O)c1c(-c2ccc(Oc3ccccc3)cc2)nn2c1NCC[C@H]2C1CCN(C(=O)CCC2CCC(NC(=O)CNc3ccc4c(c3)C(=O)N(C3CCC(=O)NC3=O)C4=O)CC2)CC1. The Morgan fingerprint density at radius 1 is 0.815 bits per heavy atom. The smallest absolute Gasteiger partial charge is 0.262 e. The molecule has 4 aromatic rings. The highest BCUT2D eigenvalue weighted by molar-refractivity contribution is 6.23. The lowest BCUT2D eigenvalue weighted by Gasteiger charge is -2.38. The van der Waals surface area contributed by atoms with Gasteiger partial charge >= 0.3 is 0 Å². The maximum Gasteiger partial charge on any atom is 0.262 e. The van der Waals surface area contributed by atoms with Crippen LogP contribution in [0.2, 0.25) is 0 Å². The van der Waals surface area contributed by atoms with E-state index < -0.39 is 35.6 Å². The Bertz CT molecular complexity index is 2510. The highest BCUT2D eigenvalue weighted by atomic mass is 16.5. The number of piperidine rings is 2. The maximum atomic E-state index is 13.4. The molecule has 338 valence electrons. The number of amides is 7. The minimum absolute atomic E-state index is 0.0251. The second kappa shape index (κ2) is 18.6. The average Bonchev–Trinajstić information content (AvgIpc) is 3.83. The van der Waals surface area contributed by atoms with Crippen LogP contribution in [0.5, 0.6) is 11.5 Å². The van der Waals surface area contributed by atoms with Crippen molar-refractivity contribution >= 4 is 52.9 Å². The number of nitrogens with zero attached hydrogens (tertiary/aromatic N) is 4. The second-order valence-electron chi connectivity index (χ2n) is 17.7. The number of ether oxygens (including phenoxy) is 1. The molecule has 5 aliphatic rings.